The molecule has 2 amide bonds. The molecule has 1 saturated heterocycles. The molecule has 1 N–H and O–H groups in total. The van der Waals surface area contributed by atoms with Gasteiger partial charge in [-0.25, -0.2) is 8.78 Å². The summed E-state index contributed by atoms with van der Waals surface area (Å²) >= 11 is 0. The predicted octanol–water partition coefficient (Wildman–Crippen LogP) is 0.242. The summed E-state index contributed by atoms with van der Waals surface area (Å²) in [4.78, 5) is 26.1. The third kappa shape index (κ3) is 2.93. The van der Waals surface area contributed by atoms with Crippen molar-refractivity contribution in [2.24, 2.45) is 0 Å². The molecule has 0 spiro atoms. The van der Waals surface area contributed by atoms with Crippen LogP contribution in [-0.2, 0) is 4.79 Å². The van der Waals surface area contributed by atoms with Crippen LogP contribution in [0.3, 0.4) is 0 Å². The number of carbonyl (C=O) groups excluding carboxylic acids is 2. The van der Waals surface area contributed by atoms with Crippen LogP contribution in [0.4, 0.5) is 8.78 Å². The average Bonchev–Trinajstić information content (AvgIpc) is 2.48. The number of nitrogens with zero attached hydrogens (tertiary/aromatic N) is 2. The van der Waals surface area contributed by atoms with Crippen LogP contribution in [-0.4, -0.2) is 59.5 Å². The largest absolute Gasteiger partial charge is 0.387 e. The summed E-state index contributed by atoms with van der Waals surface area (Å²) < 4.78 is 26.6. The van der Waals surface area contributed by atoms with Crippen molar-refractivity contribution >= 4 is 11.8 Å². The van der Waals surface area contributed by atoms with Gasteiger partial charge >= 0.3 is 0 Å². The second-order valence-corrected chi connectivity index (χ2v) is 4.46. The molecule has 1 aromatic carbocycles. The van der Waals surface area contributed by atoms with Crippen molar-refractivity contribution in [3.05, 3.63) is 35.4 Å². The molecule has 7 heteroatoms. The first-order chi connectivity index (χ1) is 9.52. The van der Waals surface area contributed by atoms with Gasteiger partial charge in [-0.1, -0.05) is 0 Å². The number of rotatable bonds is 2. The quantitative estimate of drug-likeness (QED) is 0.846. The Labute approximate surface area is 114 Å². The number of benzene rings is 1. The van der Waals surface area contributed by atoms with E-state index in [0.717, 1.165) is 18.2 Å². The van der Waals surface area contributed by atoms with Gasteiger partial charge in [-0.15, -0.1) is 0 Å². The van der Waals surface area contributed by atoms with E-state index in [1.165, 1.54) is 9.80 Å². The summed E-state index contributed by atoms with van der Waals surface area (Å²) in [5.41, 5.74) is -0.313. The van der Waals surface area contributed by atoms with Crippen molar-refractivity contribution in [1.29, 1.82) is 0 Å². The van der Waals surface area contributed by atoms with E-state index in [-0.39, 0.29) is 31.7 Å². The zero-order valence-electron chi connectivity index (χ0n) is 10.7. The summed E-state index contributed by atoms with van der Waals surface area (Å²) in [6, 6.07) is 2.72. The second-order valence-electron chi connectivity index (χ2n) is 4.46. The lowest BCUT2D eigenvalue weighted by molar-refractivity contribution is -0.135. The maximum absolute atomic E-state index is 13.5. The number of hydrogen-bond acceptors (Lipinski definition) is 3. The Kier molecular flexibility index (Phi) is 4.29. The average molecular weight is 284 g/mol. The molecule has 1 fully saturated rings. The first-order valence-corrected chi connectivity index (χ1v) is 6.16. The molecular formula is C13H14F2N2O3. The van der Waals surface area contributed by atoms with E-state index in [4.69, 9.17) is 5.11 Å². The Hall–Kier alpha value is -2.02. The van der Waals surface area contributed by atoms with Crippen LogP contribution in [0.5, 0.6) is 0 Å². The number of amides is 2. The molecule has 1 heterocycles. The van der Waals surface area contributed by atoms with Gasteiger partial charge in [0.25, 0.3) is 5.91 Å². The summed E-state index contributed by atoms with van der Waals surface area (Å²) in [6.07, 6.45) is 0. The zero-order valence-corrected chi connectivity index (χ0v) is 10.7. The van der Waals surface area contributed by atoms with Gasteiger partial charge in [0.15, 0.2) is 0 Å². The van der Waals surface area contributed by atoms with Crippen molar-refractivity contribution in [2.75, 3.05) is 32.8 Å². The Bertz CT molecular complexity index is 528. The van der Waals surface area contributed by atoms with E-state index < -0.39 is 30.1 Å². The summed E-state index contributed by atoms with van der Waals surface area (Å²) in [6.45, 7) is 0.400. The Balaban J connectivity index is 2.05. The molecule has 0 unspecified atom stereocenters. The lowest BCUT2D eigenvalue weighted by Gasteiger charge is -2.34. The minimum Gasteiger partial charge on any atom is -0.387 e. The van der Waals surface area contributed by atoms with Gasteiger partial charge in [0.1, 0.15) is 18.2 Å². The van der Waals surface area contributed by atoms with Crippen molar-refractivity contribution in [1.82, 2.24) is 9.80 Å². The van der Waals surface area contributed by atoms with Gasteiger partial charge in [-0.2, -0.15) is 0 Å². The van der Waals surface area contributed by atoms with Gasteiger partial charge in [-0.3, -0.25) is 9.59 Å². The number of hydrogen-bond donors (Lipinski definition) is 1. The monoisotopic (exact) mass is 284 g/mol. The van der Waals surface area contributed by atoms with Gasteiger partial charge in [0.05, 0.1) is 5.56 Å². The molecule has 1 aliphatic heterocycles. The van der Waals surface area contributed by atoms with Crippen LogP contribution < -0.4 is 0 Å². The third-order valence-corrected chi connectivity index (χ3v) is 3.21. The molecule has 0 bridgehead atoms. The fourth-order valence-electron chi connectivity index (χ4n) is 2.09. The number of aliphatic hydroxyl groups is 1. The highest BCUT2D eigenvalue weighted by Crippen LogP contribution is 2.14. The highest BCUT2D eigenvalue weighted by molar-refractivity contribution is 5.94. The van der Waals surface area contributed by atoms with Crippen molar-refractivity contribution in [3.63, 3.8) is 0 Å². The lowest BCUT2D eigenvalue weighted by atomic mass is 10.1. The molecule has 0 aromatic heterocycles. The third-order valence-electron chi connectivity index (χ3n) is 3.21. The first-order valence-electron chi connectivity index (χ1n) is 6.16. The minimum absolute atomic E-state index is 0.223. The number of aliphatic hydroxyl groups excluding tert-OH is 1. The van der Waals surface area contributed by atoms with E-state index in [1.807, 2.05) is 0 Å². The van der Waals surface area contributed by atoms with Gasteiger partial charge in [0.2, 0.25) is 5.91 Å². The van der Waals surface area contributed by atoms with Crippen LogP contribution in [0.15, 0.2) is 18.2 Å². The van der Waals surface area contributed by atoms with Crippen LogP contribution in [0.1, 0.15) is 10.4 Å². The molecule has 0 radical (unpaired) electrons. The molecule has 0 saturated carbocycles. The Morgan fingerprint density at radius 1 is 1.10 bits per heavy atom. The van der Waals surface area contributed by atoms with Gasteiger partial charge < -0.3 is 14.9 Å². The fraction of sp³-hybridized carbons (Fsp3) is 0.385. The SMILES string of the molecule is O=C(CO)N1CCN(C(=O)c2cc(F)ccc2F)CC1. The normalized spacial score (nSPS) is 15.3. The number of piperazine rings is 1. The van der Waals surface area contributed by atoms with Crippen LogP contribution in [0.2, 0.25) is 0 Å². The summed E-state index contributed by atoms with van der Waals surface area (Å²) in [5.74, 6) is -2.46. The van der Waals surface area contributed by atoms with Crippen LogP contribution >= 0.6 is 0 Å². The van der Waals surface area contributed by atoms with E-state index in [1.54, 1.807) is 0 Å². The standard InChI is InChI=1S/C13H14F2N2O3/c14-9-1-2-11(15)10(7-9)13(20)17-5-3-16(4-6-17)12(19)8-18/h1-2,7,18H,3-6,8H2. The minimum atomic E-state index is -0.773. The molecule has 5 nitrogen and oxygen atoms in total. The van der Waals surface area contributed by atoms with E-state index in [2.05, 4.69) is 0 Å². The summed E-state index contributed by atoms with van der Waals surface area (Å²) in [5, 5.41) is 8.74. The molecule has 0 atom stereocenters. The van der Waals surface area contributed by atoms with E-state index >= 15 is 0 Å². The van der Waals surface area contributed by atoms with Gasteiger partial charge in [-0.05, 0) is 18.2 Å². The highest BCUT2D eigenvalue weighted by Gasteiger charge is 2.26. The molecule has 2 rings (SSSR count). The maximum Gasteiger partial charge on any atom is 0.257 e. The molecule has 1 aromatic rings. The second kappa shape index (κ2) is 5.96. The van der Waals surface area contributed by atoms with Crippen molar-refractivity contribution < 1.29 is 23.5 Å². The van der Waals surface area contributed by atoms with Crippen molar-refractivity contribution in [2.45, 2.75) is 0 Å². The topological polar surface area (TPSA) is 60.9 Å². The lowest BCUT2D eigenvalue weighted by Crippen LogP contribution is -2.51. The highest BCUT2D eigenvalue weighted by atomic mass is 19.1. The maximum atomic E-state index is 13.5. The molecular weight excluding hydrogens is 270 g/mol. The molecule has 0 aliphatic carbocycles. The number of halogens is 2. The fourth-order valence-corrected chi connectivity index (χ4v) is 2.09. The van der Waals surface area contributed by atoms with Crippen molar-refractivity contribution in [3.8, 4) is 0 Å². The molecule has 20 heavy (non-hydrogen) atoms. The van der Waals surface area contributed by atoms with E-state index in [9.17, 15) is 18.4 Å². The van der Waals surface area contributed by atoms with Crippen LogP contribution in [0.25, 0.3) is 0 Å². The smallest absolute Gasteiger partial charge is 0.257 e. The molecule has 108 valence electrons. The summed E-state index contributed by atoms with van der Waals surface area (Å²) in [7, 11) is 0. The Morgan fingerprint density at radius 3 is 2.30 bits per heavy atom. The predicted molar refractivity (Wildman–Crippen MR) is 65.9 cm³/mol. The van der Waals surface area contributed by atoms with E-state index in [0.29, 0.717) is 0 Å². The zero-order chi connectivity index (χ0) is 14.7. The Morgan fingerprint density at radius 2 is 1.70 bits per heavy atom. The molecule has 1 aliphatic rings. The van der Waals surface area contributed by atoms with Crippen LogP contribution in [0, 0.1) is 11.6 Å². The van der Waals surface area contributed by atoms with Gasteiger partial charge in [0, 0.05) is 26.2 Å². The first kappa shape index (κ1) is 14.4. The number of carbonyl (C=O) groups is 2.